The number of hydrogen-bond donors (Lipinski definition) is 1. The molecule has 0 fully saturated rings. The number of hydrogen-bond acceptors (Lipinski definition) is 9. The van der Waals surface area contributed by atoms with E-state index in [0.717, 1.165) is 11.3 Å². The van der Waals surface area contributed by atoms with Crippen molar-refractivity contribution < 1.29 is 23.9 Å². The van der Waals surface area contributed by atoms with E-state index in [9.17, 15) is 14.4 Å². The van der Waals surface area contributed by atoms with E-state index in [1.807, 2.05) is 0 Å². The van der Waals surface area contributed by atoms with Crippen LogP contribution in [0.1, 0.15) is 31.4 Å². The Morgan fingerprint density at radius 2 is 2.00 bits per heavy atom. The predicted molar refractivity (Wildman–Crippen MR) is 85.1 cm³/mol. The molecule has 0 radical (unpaired) electrons. The first-order chi connectivity index (χ1) is 11.9. The number of anilines is 1. The summed E-state index contributed by atoms with van der Waals surface area (Å²) >= 11 is 0.906. The molecule has 2 aromatic heterocycles. The summed E-state index contributed by atoms with van der Waals surface area (Å²) < 4.78 is 10.5. The second-order valence-electron chi connectivity index (χ2n) is 4.67. The first kappa shape index (κ1) is 18.1. The van der Waals surface area contributed by atoms with Crippen LogP contribution >= 0.6 is 11.3 Å². The molecule has 0 saturated heterocycles. The molecule has 2 heterocycles. The number of amides is 1. The van der Waals surface area contributed by atoms with Crippen LogP contribution in [-0.2, 0) is 20.8 Å². The largest absolute Gasteiger partial charge is 0.465 e. The highest BCUT2D eigenvalue weighted by Gasteiger charge is 2.26. The molecule has 25 heavy (non-hydrogen) atoms. The van der Waals surface area contributed by atoms with E-state index in [4.69, 9.17) is 10.00 Å². The van der Waals surface area contributed by atoms with Gasteiger partial charge < -0.3 is 14.8 Å². The molecule has 1 N–H and O–H groups in total. The summed E-state index contributed by atoms with van der Waals surface area (Å²) in [6, 6.07) is 1.75. The Labute approximate surface area is 146 Å². The molecular formula is C14H13N5O5S. The Morgan fingerprint density at radius 1 is 1.32 bits per heavy atom. The Morgan fingerprint density at radius 3 is 2.56 bits per heavy atom. The van der Waals surface area contributed by atoms with Crippen molar-refractivity contribution in [3.8, 4) is 6.07 Å². The first-order valence-electron chi connectivity index (χ1n) is 6.80. The highest BCUT2D eigenvalue weighted by molar-refractivity contribution is 7.18. The Balaban J connectivity index is 2.28. The van der Waals surface area contributed by atoms with Crippen LogP contribution in [0.15, 0.2) is 6.33 Å². The van der Waals surface area contributed by atoms with E-state index >= 15 is 0 Å². The molecule has 0 aliphatic heterocycles. The maximum atomic E-state index is 12.2. The molecule has 11 heteroatoms. The molecule has 10 nitrogen and oxygen atoms in total. The summed E-state index contributed by atoms with van der Waals surface area (Å²) in [5, 5.41) is 15.1. The average Bonchev–Trinajstić information content (AvgIpc) is 3.17. The van der Waals surface area contributed by atoms with Gasteiger partial charge in [0.15, 0.2) is 0 Å². The summed E-state index contributed by atoms with van der Waals surface area (Å²) in [6.45, 7) is 1.33. The molecule has 130 valence electrons. The van der Waals surface area contributed by atoms with Crippen LogP contribution in [0.3, 0.4) is 0 Å². The lowest BCUT2D eigenvalue weighted by molar-refractivity contribution is -0.116. The normalized spacial score (nSPS) is 10.0. The number of methoxy groups -OCH3 is 2. The molecule has 2 aromatic rings. The van der Waals surface area contributed by atoms with Crippen molar-refractivity contribution in [1.82, 2.24) is 14.8 Å². The fourth-order valence-corrected chi connectivity index (χ4v) is 3.10. The van der Waals surface area contributed by atoms with Gasteiger partial charge in [-0.05, 0) is 12.5 Å². The van der Waals surface area contributed by atoms with Crippen molar-refractivity contribution in [1.29, 1.82) is 5.26 Å². The molecule has 0 spiro atoms. The number of nitriles is 1. The van der Waals surface area contributed by atoms with Crippen LogP contribution in [0.5, 0.6) is 0 Å². The van der Waals surface area contributed by atoms with Crippen molar-refractivity contribution in [3.05, 3.63) is 28.2 Å². The van der Waals surface area contributed by atoms with E-state index in [1.165, 1.54) is 25.2 Å². The smallest absolute Gasteiger partial charge is 0.348 e. The lowest BCUT2D eigenvalue weighted by Gasteiger charge is -2.05. The summed E-state index contributed by atoms with van der Waals surface area (Å²) in [6.07, 6.45) is 1.24. The quantitative estimate of drug-likeness (QED) is 0.768. The molecule has 0 saturated carbocycles. The molecule has 1 amide bonds. The zero-order chi connectivity index (χ0) is 18.6. The number of rotatable bonds is 5. The van der Waals surface area contributed by atoms with Crippen LogP contribution in [-0.4, -0.2) is 46.8 Å². The van der Waals surface area contributed by atoms with E-state index < -0.39 is 17.8 Å². The number of esters is 2. The predicted octanol–water partition coefficient (Wildman–Crippen LogP) is 0.732. The summed E-state index contributed by atoms with van der Waals surface area (Å²) in [5.74, 6) is -1.89. The Bertz CT molecular complexity index is 879. The fraction of sp³-hybridized carbons (Fsp3) is 0.286. The number of thiophene rings is 1. The van der Waals surface area contributed by atoms with Crippen LogP contribution in [0.25, 0.3) is 0 Å². The van der Waals surface area contributed by atoms with Crippen LogP contribution in [0.4, 0.5) is 5.00 Å². The molecule has 0 atom stereocenters. The van der Waals surface area contributed by atoms with Crippen LogP contribution < -0.4 is 5.32 Å². The Hall–Kier alpha value is -3.26. The SMILES string of the molecule is COC(=O)c1sc(NC(=O)Cn2cnc(C#N)n2)c(C(=O)OC)c1C. The molecular weight excluding hydrogens is 350 g/mol. The van der Waals surface area contributed by atoms with Gasteiger partial charge in [0.1, 0.15) is 28.8 Å². The second-order valence-corrected chi connectivity index (χ2v) is 5.69. The van der Waals surface area contributed by atoms with Gasteiger partial charge in [0, 0.05) is 0 Å². The van der Waals surface area contributed by atoms with Gasteiger partial charge >= 0.3 is 11.9 Å². The Kier molecular flexibility index (Phi) is 5.45. The third-order valence-electron chi connectivity index (χ3n) is 3.10. The second kappa shape index (κ2) is 7.54. The molecule has 0 aromatic carbocycles. The van der Waals surface area contributed by atoms with Gasteiger partial charge in [0.25, 0.3) is 5.82 Å². The minimum Gasteiger partial charge on any atom is -0.465 e. The molecule has 2 rings (SSSR count). The highest BCUT2D eigenvalue weighted by atomic mass is 32.1. The van der Waals surface area contributed by atoms with Gasteiger partial charge in [0.2, 0.25) is 5.91 Å². The summed E-state index contributed by atoms with van der Waals surface area (Å²) in [7, 11) is 2.41. The van der Waals surface area contributed by atoms with Crippen LogP contribution in [0.2, 0.25) is 0 Å². The first-order valence-corrected chi connectivity index (χ1v) is 7.62. The summed E-state index contributed by atoms with van der Waals surface area (Å²) in [4.78, 5) is 39.8. The van der Waals surface area contributed by atoms with E-state index in [1.54, 1.807) is 13.0 Å². The zero-order valence-electron chi connectivity index (χ0n) is 13.5. The van der Waals surface area contributed by atoms with Gasteiger partial charge in [0.05, 0.1) is 19.8 Å². The minimum atomic E-state index is -0.688. The number of aromatic nitrogens is 3. The lowest BCUT2D eigenvalue weighted by Crippen LogP contribution is -2.20. The number of carbonyl (C=O) groups is 3. The molecule has 0 bridgehead atoms. The fourth-order valence-electron chi connectivity index (χ4n) is 1.97. The van der Waals surface area contributed by atoms with Gasteiger partial charge in [-0.3, -0.25) is 4.79 Å². The minimum absolute atomic E-state index is 0.0667. The zero-order valence-corrected chi connectivity index (χ0v) is 14.3. The molecule has 0 unspecified atom stereocenters. The molecule has 0 aliphatic rings. The average molecular weight is 363 g/mol. The maximum absolute atomic E-state index is 12.2. The van der Waals surface area contributed by atoms with E-state index in [0.29, 0.717) is 5.56 Å². The van der Waals surface area contributed by atoms with Crippen molar-refractivity contribution in [2.24, 2.45) is 0 Å². The van der Waals surface area contributed by atoms with Gasteiger partial charge in [-0.25, -0.2) is 19.3 Å². The maximum Gasteiger partial charge on any atom is 0.348 e. The third kappa shape index (κ3) is 3.81. The van der Waals surface area contributed by atoms with Crippen LogP contribution in [0, 0.1) is 18.3 Å². The van der Waals surface area contributed by atoms with E-state index in [2.05, 4.69) is 20.1 Å². The van der Waals surface area contributed by atoms with Crippen molar-refractivity contribution >= 4 is 34.2 Å². The molecule has 0 aliphatic carbocycles. The number of nitrogens with one attached hydrogen (secondary N) is 1. The topological polar surface area (TPSA) is 136 Å². The van der Waals surface area contributed by atoms with Crippen molar-refractivity contribution in [3.63, 3.8) is 0 Å². The van der Waals surface area contributed by atoms with E-state index in [-0.39, 0.29) is 27.8 Å². The number of carbonyl (C=O) groups excluding carboxylic acids is 3. The van der Waals surface area contributed by atoms with Gasteiger partial charge in [-0.1, -0.05) is 0 Å². The van der Waals surface area contributed by atoms with Crippen molar-refractivity contribution in [2.45, 2.75) is 13.5 Å². The highest BCUT2D eigenvalue weighted by Crippen LogP contribution is 2.34. The monoisotopic (exact) mass is 363 g/mol. The van der Waals surface area contributed by atoms with Crippen molar-refractivity contribution in [2.75, 3.05) is 19.5 Å². The van der Waals surface area contributed by atoms with Gasteiger partial charge in [-0.15, -0.1) is 16.4 Å². The number of nitrogens with zero attached hydrogens (tertiary/aromatic N) is 4. The van der Waals surface area contributed by atoms with Gasteiger partial charge in [-0.2, -0.15) is 5.26 Å². The number of ether oxygens (including phenoxy) is 2. The lowest BCUT2D eigenvalue weighted by atomic mass is 10.1. The third-order valence-corrected chi connectivity index (χ3v) is 4.29. The summed E-state index contributed by atoms with van der Waals surface area (Å²) in [5.41, 5.74) is 0.434. The standard InChI is InChI=1S/C14H13N5O5S/c1-7-10(13(21)23-2)12(25-11(7)14(22)24-3)17-9(20)5-19-6-16-8(4-15)18-19/h6H,5H2,1-3H3,(H,17,20).